The highest BCUT2D eigenvalue weighted by molar-refractivity contribution is 7.53. The van der Waals surface area contributed by atoms with Crippen molar-refractivity contribution in [2.75, 3.05) is 0 Å². The number of benzene rings is 1. The van der Waals surface area contributed by atoms with E-state index in [0.29, 0.717) is 23.6 Å². The van der Waals surface area contributed by atoms with Gasteiger partial charge in [0, 0.05) is 16.8 Å². The summed E-state index contributed by atoms with van der Waals surface area (Å²) in [5.41, 5.74) is 2.20. The molecule has 0 saturated heterocycles. The Morgan fingerprint density at radius 3 is 2.27 bits per heavy atom. The van der Waals surface area contributed by atoms with E-state index in [0.717, 1.165) is 11.1 Å². The first kappa shape index (κ1) is 17.2. The van der Waals surface area contributed by atoms with E-state index in [4.69, 9.17) is 11.6 Å². The number of nitrogens with zero attached hydrogens (tertiary/aromatic N) is 1. The Morgan fingerprint density at radius 1 is 1.14 bits per heavy atom. The zero-order valence-corrected chi connectivity index (χ0v) is 14.2. The summed E-state index contributed by atoms with van der Waals surface area (Å²) in [6.45, 7) is 3.55. The Bertz CT molecular complexity index is 693. The molecule has 0 unspecified atom stereocenters. The fourth-order valence-electron chi connectivity index (χ4n) is 2.68. The van der Waals surface area contributed by atoms with Gasteiger partial charge in [-0.1, -0.05) is 43.6 Å². The second-order valence-corrected chi connectivity index (χ2v) is 7.61. The lowest BCUT2D eigenvalue weighted by molar-refractivity contribution is 0.312. The molecular weight excluding hydrogens is 321 g/mol. The molecule has 0 aliphatic heterocycles. The summed E-state index contributed by atoms with van der Waals surface area (Å²) < 4.78 is 12.0. The van der Waals surface area contributed by atoms with Crippen LogP contribution in [0.3, 0.4) is 0 Å². The summed E-state index contributed by atoms with van der Waals surface area (Å²) in [7, 11) is -4.31. The second kappa shape index (κ2) is 6.51. The Kier molecular flexibility index (Phi) is 5.08. The van der Waals surface area contributed by atoms with E-state index in [1.165, 1.54) is 0 Å². The van der Waals surface area contributed by atoms with Crippen LogP contribution in [0.4, 0.5) is 0 Å². The molecule has 0 atom stereocenters. The molecule has 1 aromatic carbocycles. The van der Waals surface area contributed by atoms with E-state index in [1.54, 1.807) is 32.2 Å². The Labute approximate surface area is 135 Å². The number of hydrogen-bond acceptors (Lipinski definition) is 2. The minimum absolute atomic E-state index is 0.331. The Morgan fingerprint density at radius 2 is 1.82 bits per heavy atom. The molecule has 4 nitrogen and oxygen atoms in total. The van der Waals surface area contributed by atoms with Gasteiger partial charge in [0.15, 0.2) is 0 Å². The van der Waals surface area contributed by atoms with E-state index < -0.39 is 12.8 Å². The van der Waals surface area contributed by atoms with Gasteiger partial charge in [-0.3, -0.25) is 9.55 Å². The summed E-state index contributed by atoms with van der Waals surface area (Å²) in [6, 6.07) is 10.9. The summed E-state index contributed by atoms with van der Waals surface area (Å²) in [6.07, 6.45) is 2.30. The molecule has 2 aromatic rings. The summed E-state index contributed by atoms with van der Waals surface area (Å²) in [4.78, 5) is 23.8. The molecule has 0 bridgehead atoms. The van der Waals surface area contributed by atoms with Crippen LogP contribution in [0, 0.1) is 0 Å². The van der Waals surface area contributed by atoms with Crippen molar-refractivity contribution < 1.29 is 14.4 Å². The molecular formula is C16H19ClNO3P. The third-order valence-electron chi connectivity index (χ3n) is 4.13. The van der Waals surface area contributed by atoms with Crippen LogP contribution >= 0.6 is 19.2 Å². The van der Waals surface area contributed by atoms with Crippen LogP contribution in [0.1, 0.15) is 32.4 Å². The van der Waals surface area contributed by atoms with Crippen molar-refractivity contribution in [3.05, 3.63) is 53.3 Å². The fraction of sp³-hybridized carbons (Fsp3) is 0.312. The Hall–Kier alpha value is -1.19. The molecule has 0 spiro atoms. The van der Waals surface area contributed by atoms with Gasteiger partial charge in [0.2, 0.25) is 0 Å². The van der Waals surface area contributed by atoms with Gasteiger partial charge in [0.25, 0.3) is 0 Å². The summed E-state index contributed by atoms with van der Waals surface area (Å²) in [5, 5.41) is -0.590. The van der Waals surface area contributed by atoms with E-state index >= 15 is 0 Å². The van der Waals surface area contributed by atoms with Crippen molar-refractivity contribution in [2.24, 2.45) is 0 Å². The van der Waals surface area contributed by atoms with Gasteiger partial charge < -0.3 is 9.79 Å². The molecule has 118 valence electrons. The first-order valence-electron chi connectivity index (χ1n) is 7.12. The predicted octanol–water partition coefficient (Wildman–Crippen LogP) is 4.60. The van der Waals surface area contributed by atoms with E-state index in [1.807, 2.05) is 24.3 Å². The Balaban J connectivity index is 2.45. The zero-order valence-electron chi connectivity index (χ0n) is 12.5. The molecule has 2 N–H and O–H groups in total. The average molecular weight is 340 g/mol. The third-order valence-corrected chi connectivity index (χ3v) is 6.34. The minimum atomic E-state index is -4.31. The minimum Gasteiger partial charge on any atom is -0.324 e. The van der Waals surface area contributed by atoms with Crippen LogP contribution in [-0.2, 0) is 9.72 Å². The number of pyridine rings is 1. The van der Waals surface area contributed by atoms with Gasteiger partial charge in [-0.2, -0.15) is 0 Å². The topological polar surface area (TPSA) is 70.4 Å². The second-order valence-electron chi connectivity index (χ2n) is 5.23. The molecule has 1 heterocycles. The predicted molar refractivity (Wildman–Crippen MR) is 89.0 cm³/mol. The molecule has 0 aliphatic carbocycles. The molecule has 2 rings (SSSR count). The van der Waals surface area contributed by atoms with Crippen molar-refractivity contribution in [3.63, 3.8) is 0 Å². The molecule has 0 amide bonds. The number of aromatic nitrogens is 1. The van der Waals surface area contributed by atoms with Crippen LogP contribution in [0.25, 0.3) is 11.1 Å². The molecule has 0 fully saturated rings. The van der Waals surface area contributed by atoms with E-state index in [-0.39, 0.29) is 0 Å². The van der Waals surface area contributed by atoms with Gasteiger partial charge in [-0.25, -0.2) is 0 Å². The van der Waals surface area contributed by atoms with Crippen molar-refractivity contribution in [2.45, 2.75) is 31.8 Å². The highest BCUT2D eigenvalue weighted by atomic mass is 35.5. The fourth-order valence-corrected chi connectivity index (χ4v) is 4.13. The van der Waals surface area contributed by atoms with Crippen molar-refractivity contribution in [1.29, 1.82) is 0 Å². The molecule has 0 aliphatic rings. The lowest BCUT2D eigenvalue weighted by Gasteiger charge is -2.31. The van der Waals surface area contributed by atoms with Crippen LogP contribution < -0.4 is 0 Å². The van der Waals surface area contributed by atoms with Crippen LogP contribution in [0.2, 0.25) is 5.02 Å². The summed E-state index contributed by atoms with van der Waals surface area (Å²) in [5.74, 6) is 0. The van der Waals surface area contributed by atoms with Gasteiger partial charge in [-0.15, -0.1) is 0 Å². The van der Waals surface area contributed by atoms with Crippen molar-refractivity contribution >= 4 is 19.2 Å². The van der Waals surface area contributed by atoms with Crippen molar-refractivity contribution in [3.8, 4) is 11.1 Å². The third kappa shape index (κ3) is 3.11. The number of rotatable bonds is 5. The lowest BCUT2D eigenvalue weighted by Crippen LogP contribution is -2.25. The summed E-state index contributed by atoms with van der Waals surface area (Å²) >= 11 is 5.98. The van der Waals surface area contributed by atoms with Gasteiger partial charge in [0.1, 0.15) is 5.16 Å². The zero-order chi connectivity index (χ0) is 16.4. The van der Waals surface area contributed by atoms with Gasteiger partial charge in [-0.05, 0) is 36.6 Å². The molecule has 1 aromatic heterocycles. The molecule has 22 heavy (non-hydrogen) atoms. The first-order valence-corrected chi connectivity index (χ1v) is 9.11. The van der Waals surface area contributed by atoms with Crippen molar-refractivity contribution in [1.82, 2.24) is 4.98 Å². The number of hydrogen-bond donors (Lipinski definition) is 2. The number of halogens is 1. The van der Waals surface area contributed by atoms with E-state index in [2.05, 4.69) is 4.98 Å². The van der Waals surface area contributed by atoms with Crippen LogP contribution in [-0.4, -0.2) is 14.8 Å². The highest BCUT2D eigenvalue weighted by Gasteiger charge is 2.46. The molecule has 0 radical (unpaired) electrons. The maximum atomic E-state index is 12.0. The smallest absolute Gasteiger partial charge is 0.324 e. The monoisotopic (exact) mass is 339 g/mol. The maximum Gasteiger partial charge on any atom is 0.337 e. The normalized spacial score (nSPS) is 12.4. The first-order chi connectivity index (χ1) is 10.3. The highest BCUT2D eigenvalue weighted by Crippen LogP contribution is 2.60. The van der Waals surface area contributed by atoms with Gasteiger partial charge in [0.05, 0.1) is 5.69 Å². The van der Waals surface area contributed by atoms with Crippen LogP contribution in [0.15, 0.2) is 42.6 Å². The molecule has 6 heteroatoms. The molecule has 0 saturated carbocycles. The van der Waals surface area contributed by atoms with Crippen LogP contribution in [0.5, 0.6) is 0 Å². The standard InChI is InChI=1S/C16H19ClNO3P/c1-3-16(4-2,22(19,20)21)15-9-8-13(11-18-15)12-6-5-7-14(17)10-12/h5-11H,3-4H2,1-2H3,(H2,19,20,21). The average Bonchev–Trinajstić information content (AvgIpc) is 2.48. The largest absolute Gasteiger partial charge is 0.337 e. The quantitative estimate of drug-likeness (QED) is 0.781. The van der Waals surface area contributed by atoms with E-state index in [9.17, 15) is 14.4 Å². The van der Waals surface area contributed by atoms with Gasteiger partial charge >= 0.3 is 7.60 Å². The maximum absolute atomic E-state index is 12.0. The lowest BCUT2D eigenvalue weighted by atomic mass is 9.96. The SMILES string of the molecule is CCC(CC)(c1ccc(-c2cccc(Cl)c2)cn1)P(=O)(O)O.